The standard InChI is InChI=1S/C13H19NO3S/c1-2-18(15,16)13-8-4-3-7-12(13)17-10-11-6-5-9-14-11/h3-4,7-8,11,14H,2,5-6,9-10H2,1H3. The first-order chi connectivity index (χ1) is 8.63. The lowest BCUT2D eigenvalue weighted by atomic mass is 10.2. The second kappa shape index (κ2) is 5.71. The first kappa shape index (κ1) is 13.4. The van der Waals surface area contributed by atoms with Gasteiger partial charge in [0.2, 0.25) is 0 Å². The maximum Gasteiger partial charge on any atom is 0.181 e. The van der Waals surface area contributed by atoms with Crippen molar-refractivity contribution in [3.05, 3.63) is 24.3 Å². The van der Waals surface area contributed by atoms with Crippen molar-refractivity contribution in [3.63, 3.8) is 0 Å². The summed E-state index contributed by atoms with van der Waals surface area (Å²) in [6, 6.07) is 7.19. The third-order valence-corrected chi connectivity index (χ3v) is 4.93. The van der Waals surface area contributed by atoms with Gasteiger partial charge in [-0.3, -0.25) is 0 Å². The first-order valence-corrected chi connectivity index (χ1v) is 7.96. The Labute approximate surface area is 108 Å². The van der Waals surface area contributed by atoms with Crippen LogP contribution in [0, 0.1) is 0 Å². The largest absolute Gasteiger partial charge is 0.491 e. The molecule has 1 aliphatic heterocycles. The molecule has 5 heteroatoms. The molecular weight excluding hydrogens is 250 g/mol. The van der Waals surface area contributed by atoms with E-state index in [9.17, 15) is 8.42 Å². The molecule has 1 N–H and O–H groups in total. The van der Waals surface area contributed by atoms with Gasteiger partial charge in [0.25, 0.3) is 0 Å². The lowest BCUT2D eigenvalue weighted by Crippen LogP contribution is -2.28. The molecule has 100 valence electrons. The highest BCUT2D eigenvalue weighted by molar-refractivity contribution is 7.91. The topological polar surface area (TPSA) is 55.4 Å². The van der Waals surface area contributed by atoms with Crippen molar-refractivity contribution in [1.82, 2.24) is 5.32 Å². The van der Waals surface area contributed by atoms with E-state index >= 15 is 0 Å². The van der Waals surface area contributed by atoms with E-state index in [1.165, 1.54) is 0 Å². The molecule has 0 aromatic heterocycles. The van der Waals surface area contributed by atoms with Crippen LogP contribution in [0.15, 0.2) is 29.2 Å². The van der Waals surface area contributed by atoms with Crippen molar-refractivity contribution in [1.29, 1.82) is 0 Å². The van der Waals surface area contributed by atoms with E-state index in [-0.39, 0.29) is 5.75 Å². The van der Waals surface area contributed by atoms with Crippen LogP contribution in [0.25, 0.3) is 0 Å². The van der Waals surface area contributed by atoms with Crippen molar-refractivity contribution in [3.8, 4) is 5.75 Å². The summed E-state index contributed by atoms with van der Waals surface area (Å²) >= 11 is 0. The molecule has 0 amide bonds. The number of hydrogen-bond acceptors (Lipinski definition) is 4. The number of para-hydroxylation sites is 1. The summed E-state index contributed by atoms with van der Waals surface area (Å²) in [6.45, 7) is 3.18. The molecule has 1 aromatic rings. The molecule has 0 aliphatic carbocycles. The molecular formula is C13H19NO3S. The highest BCUT2D eigenvalue weighted by atomic mass is 32.2. The zero-order chi connectivity index (χ0) is 13.0. The fourth-order valence-electron chi connectivity index (χ4n) is 2.07. The molecule has 1 atom stereocenters. The van der Waals surface area contributed by atoms with E-state index in [1.54, 1.807) is 31.2 Å². The predicted octanol–water partition coefficient (Wildman–Crippen LogP) is 1.61. The molecule has 1 saturated heterocycles. The van der Waals surface area contributed by atoms with Crippen LogP contribution in [0.3, 0.4) is 0 Å². The molecule has 1 heterocycles. The number of sulfone groups is 1. The highest BCUT2D eigenvalue weighted by Gasteiger charge is 2.19. The Morgan fingerprint density at radius 2 is 2.17 bits per heavy atom. The van der Waals surface area contributed by atoms with E-state index in [4.69, 9.17) is 4.74 Å². The van der Waals surface area contributed by atoms with Crippen LogP contribution in [0.5, 0.6) is 5.75 Å². The van der Waals surface area contributed by atoms with Crippen molar-refractivity contribution in [2.75, 3.05) is 18.9 Å². The average molecular weight is 269 g/mol. The number of nitrogens with one attached hydrogen (secondary N) is 1. The minimum absolute atomic E-state index is 0.0923. The summed E-state index contributed by atoms with van der Waals surface area (Å²) in [5, 5.41) is 3.32. The maximum atomic E-state index is 11.9. The minimum Gasteiger partial charge on any atom is -0.491 e. The molecule has 4 nitrogen and oxygen atoms in total. The van der Waals surface area contributed by atoms with Gasteiger partial charge in [-0.2, -0.15) is 0 Å². The van der Waals surface area contributed by atoms with E-state index in [0.717, 1.165) is 19.4 Å². The van der Waals surface area contributed by atoms with Gasteiger partial charge < -0.3 is 10.1 Å². The SMILES string of the molecule is CCS(=O)(=O)c1ccccc1OCC1CCCN1. The molecule has 1 unspecified atom stereocenters. The van der Waals surface area contributed by atoms with Gasteiger partial charge in [0, 0.05) is 6.04 Å². The monoisotopic (exact) mass is 269 g/mol. The summed E-state index contributed by atoms with van der Waals surface area (Å²) in [6.07, 6.45) is 2.24. The Bertz CT molecular complexity index is 493. The maximum absolute atomic E-state index is 11.9. The Balaban J connectivity index is 2.12. The fraction of sp³-hybridized carbons (Fsp3) is 0.538. The number of benzene rings is 1. The molecule has 1 aliphatic rings. The lowest BCUT2D eigenvalue weighted by Gasteiger charge is -2.14. The number of ether oxygens (including phenoxy) is 1. The van der Waals surface area contributed by atoms with Crippen LogP contribution in [-0.4, -0.2) is 33.4 Å². The van der Waals surface area contributed by atoms with Crippen LogP contribution >= 0.6 is 0 Å². The van der Waals surface area contributed by atoms with Gasteiger partial charge in [0.1, 0.15) is 17.3 Å². The van der Waals surface area contributed by atoms with Crippen LogP contribution in [0.2, 0.25) is 0 Å². The molecule has 18 heavy (non-hydrogen) atoms. The van der Waals surface area contributed by atoms with E-state index in [2.05, 4.69) is 5.32 Å². The first-order valence-electron chi connectivity index (χ1n) is 6.31. The Morgan fingerprint density at radius 1 is 1.39 bits per heavy atom. The molecule has 1 aromatic carbocycles. The average Bonchev–Trinajstić information content (AvgIpc) is 2.90. The van der Waals surface area contributed by atoms with Gasteiger partial charge in [-0.1, -0.05) is 19.1 Å². The summed E-state index contributed by atoms with van der Waals surface area (Å²) in [4.78, 5) is 0.297. The fourth-order valence-corrected chi connectivity index (χ4v) is 3.10. The van der Waals surface area contributed by atoms with Gasteiger partial charge in [0.05, 0.1) is 5.75 Å². The quantitative estimate of drug-likeness (QED) is 0.882. The van der Waals surface area contributed by atoms with Crippen molar-refractivity contribution >= 4 is 9.84 Å². The third-order valence-electron chi connectivity index (χ3n) is 3.17. The van der Waals surface area contributed by atoms with Crippen LogP contribution in [-0.2, 0) is 9.84 Å². The van der Waals surface area contributed by atoms with Crippen molar-refractivity contribution < 1.29 is 13.2 Å². The molecule has 0 radical (unpaired) electrons. The second-order valence-electron chi connectivity index (χ2n) is 4.45. The molecule has 1 fully saturated rings. The number of hydrogen-bond donors (Lipinski definition) is 1. The van der Waals surface area contributed by atoms with Crippen molar-refractivity contribution in [2.24, 2.45) is 0 Å². The van der Waals surface area contributed by atoms with Crippen LogP contribution < -0.4 is 10.1 Å². The predicted molar refractivity (Wildman–Crippen MR) is 70.7 cm³/mol. The Hall–Kier alpha value is -1.07. The summed E-state index contributed by atoms with van der Waals surface area (Å²) in [7, 11) is -3.22. The van der Waals surface area contributed by atoms with E-state index in [1.807, 2.05) is 0 Å². The third kappa shape index (κ3) is 3.03. The lowest BCUT2D eigenvalue weighted by molar-refractivity contribution is 0.271. The molecule has 0 saturated carbocycles. The van der Waals surface area contributed by atoms with Gasteiger partial charge in [-0.25, -0.2) is 8.42 Å². The van der Waals surface area contributed by atoms with Gasteiger partial charge >= 0.3 is 0 Å². The van der Waals surface area contributed by atoms with E-state index in [0.29, 0.717) is 23.3 Å². The van der Waals surface area contributed by atoms with Gasteiger partial charge in [-0.15, -0.1) is 0 Å². The zero-order valence-corrected chi connectivity index (χ0v) is 11.4. The van der Waals surface area contributed by atoms with Crippen molar-refractivity contribution in [2.45, 2.75) is 30.7 Å². The second-order valence-corrected chi connectivity index (χ2v) is 6.70. The Kier molecular flexibility index (Phi) is 4.24. The van der Waals surface area contributed by atoms with Gasteiger partial charge in [-0.05, 0) is 31.5 Å². The molecule has 0 bridgehead atoms. The van der Waals surface area contributed by atoms with Gasteiger partial charge in [0.15, 0.2) is 9.84 Å². The molecule has 0 spiro atoms. The van der Waals surface area contributed by atoms with Crippen LogP contribution in [0.4, 0.5) is 0 Å². The molecule has 2 rings (SSSR count). The highest BCUT2D eigenvalue weighted by Crippen LogP contribution is 2.24. The minimum atomic E-state index is -3.22. The summed E-state index contributed by atoms with van der Waals surface area (Å²) in [5.74, 6) is 0.558. The summed E-state index contributed by atoms with van der Waals surface area (Å²) in [5.41, 5.74) is 0. The Morgan fingerprint density at radius 3 is 2.83 bits per heavy atom. The summed E-state index contributed by atoms with van der Waals surface area (Å²) < 4.78 is 29.5. The normalized spacial score (nSPS) is 19.9. The van der Waals surface area contributed by atoms with E-state index < -0.39 is 9.84 Å². The number of rotatable bonds is 5. The smallest absolute Gasteiger partial charge is 0.181 e. The van der Waals surface area contributed by atoms with Crippen LogP contribution in [0.1, 0.15) is 19.8 Å². The zero-order valence-electron chi connectivity index (χ0n) is 10.6.